The number of nitrogens with one attached hydrogen (secondary N) is 2. The van der Waals surface area contributed by atoms with Gasteiger partial charge in [-0.1, -0.05) is 0 Å². The van der Waals surface area contributed by atoms with Crippen molar-refractivity contribution < 1.29 is 14.3 Å². The summed E-state index contributed by atoms with van der Waals surface area (Å²) >= 11 is 1.69. The van der Waals surface area contributed by atoms with Gasteiger partial charge in [0.15, 0.2) is 0 Å². The quantitative estimate of drug-likeness (QED) is 0.668. The second-order valence-corrected chi connectivity index (χ2v) is 7.40. The summed E-state index contributed by atoms with van der Waals surface area (Å²) in [5, 5.41) is 6.47. The molecule has 1 fully saturated rings. The van der Waals surface area contributed by atoms with Gasteiger partial charge in [-0.2, -0.15) is 0 Å². The maximum Gasteiger partial charge on any atom is 0.220 e. The number of piperidine rings is 1. The van der Waals surface area contributed by atoms with Crippen LogP contribution in [0.5, 0.6) is 5.75 Å². The minimum absolute atomic E-state index is 0.0821. The average Bonchev–Trinajstić information content (AvgIpc) is 2.62. The smallest absolute Gasteiger partial charge is 0.220 e. The van der Waals surface area contributed by atoms with Crippen molar-refractivity contribution in [2.75, 3.05) is 46.2 Å². The maximum atomic E-state index is 12.1. The van der Waals surface area contributed by atoms with Crippen molar-refractivity contribution in [2.24, 2.45) is 5.41 Å². The molecule has 1 amide bonds. The van der Waals surface area contributed by atoms with E-state index < -0.39 is 0 Å². The molecule has 0 aromatic heterocycles. The van der Waals surface area contributed by atoms with Crippen molar-refractivity contribution in [3.05, 3.63) is 24.3 Å². The molecule has 2 rings (SSSR count). The summed E-state index contributed by atoms with van der Waals surface area (Å²) in [7, 11) is 3.39. The van der Waals surface area contributed by atoms with Gasteiger partial charge in [0.25, 0.3) is 0 Å². The van der Waals surface area contributed by atoms with E-state index in [0.29, 0.717) is 19.6 Å². The minimum atomic E-state index is 0.0821. The number of methoxy groups -OCH3 is 2. The third-order valence-corrected chi connectivity index (χ3v) is 5.45. The molecule has 0 aliphatic carbocycles. The monoisotopic (exact) mass is 352 g/mol. The van der Waals surface area contributed by atoms with E-state index in [-0.39, 0.29) is 11.3 Å². The van der Waals surface area contributed by atoms with Gasteiger partial charge < -0.3 is 20.1 Å². The first-order chi connectivity index (χ1) is 11.7. The normalized spacial score (nSPS) is 16.6. The Bertz CT molecular complexity index is 496. The predicted molar refractivity (Wildman–Crippen MR) is 97.8 cm³/mol. The second kappa shape index (κ2) is 9.91. The largest absolute Gasteiger partial charge is 0.497 e. The number of hydrogen-bond donors (Lipinski definition) is 2. The summed E-state index contributed by atoms with van der Waals surface area (Å²) in [6, 6.07) is 7.91. The predicted octanol–water partition coefficient (Wildman–Crippen LogP) is 2.31. The molecule has 5 nitrogen and oxygen atoms in total. The zero-order valence-corrected chi connectivity index (χ0v) is 15.4. The van der Waals surface area contributed by atoms with E-state index in [2.05, 4.69) is 10.6 Å². The first-order valence-corrected chi connectivity index (χ1v) is 9.39. The highest BCUT2D eigenvalue weighted by atomic mass is 32.2. The lowest BCUT2D eigenvalue weighted by Gasteiger charge is -2.37. The van der Waals surface area contributed by atoms with Crippen LogP contribution in [-0.2, 0) is 9.53 Å². The molecule has 0 saturated carbocycles. The highest BCUT2D eigenvalue weighted by Gasteiger charge is 2.32. The number of carbonyl (C=O) groups excluding carboxylic acids is 1. The summed E-state index contributed by atoms with van der Waals surface area (Å²) < 4.78 is 10.5. The average molecular weight is 353 g/mol. The Morgan fingerprint density at radius 1 is 1.25 bits per heavy atom. The molecule has 1 aliphatic heterocycles. The molecular weight excluding hydrogens is 324 g/mol. The van der Waals surface area contributed by atoms with E-state index in [1.807, 2.05) is 24.3 Å². The highest BCUT2D eigenvalue weighted by molar-refractivity contribution is 7.99. The summed E-state index contributed by atoms with van der Waals surface area (Å²) in [5.74, 6) is 1.74. The van der Waals surface area contributed by atoms with Gasteiger partial charge in [-0.3, -0.25) is 4.79 Å². The molecule has 1 heterocycles. The van der Waals surface area contributed by atoms with Crippen LogP contribution >= 0.6 is 11.8 Å². The van der Waals surface area contributed by atoms with Crippen LogP contribution in [0, 0.1) is 5.41 Å². The standard InChI is InChI=1S/C18H28N2O3S/c1-22-14-18(8-10-19-11-9-18)13-20-17(21)7-12-24-16-5-3-15(23-2)4-6-16/h3-6,19H,7-14H2,1-2H3,(H,20,21). The molecule has 24 heavy (non-hydrogen) atoms. The van der Waals surface area contributed by atoms with Crippen molar-refractivity contribution in [1.29, 1.82) is 0 Å². The molecule has 1 aliphatic rings. The van der Waals surface area contributed by atoms with Gasteiger partial charge >= 0.3 is 0 Å². The molecule has 0 bridgehead atoms. The number of benzene rings is 1. The fourth-order valence-electron chi connectivity index (χ4n) is 2.94. The first kappa shape index (κ1) is 19.1. The van der Waals surface area contributed by atoms with Gasteiger partial charge in [0, 0.05) is 36.1 Å². The van der Waals surface area contributed by atoms with Gasteiger partial charge in [0.1, 0.15) is 5.75 Å². The van der Waals surface area contributed by atoms with Gasteiger partial charge in [0.2, 0.25) is 5.91 Å². The van der Waals surface area contributed by atoms with Crippen LogP contribution in [0.15, 0.2) is 29.2 Å². The lowest BCUT2D eigenvalue weighted by Crippen LogP contribution is -2.47. The van der Waals surface area contributed by atoms with Crippen LogP contribution in [0.4, 0.5) is 0 Å². The second-order valence-electron chi connectivity index (χ2n) is 6.23. The van der Waals surface area contributed by atoms with Crippen molar-refractivity contribution in [3.8, 4) is 5.75 Å². The van der Waals surface area contributed by atoms with Crippen molar-refractivity contribution in [2.45, 2.75) is 24.2 Å². The van der Waals surface area contributed by atoms with Crippen molar-refractivity contribution >= 4 is 17.7 Å². The number of carbonyl (C=O) groups is 1. The van der Waals surface area contributed by atoms with Crippen LogP contribution in [0.25, 0.3) is 0 Å². The number of amides is 1. The Balaban J connectivity index is 1.70. The van der Waals surface area contributed by atoms with E-state index in [1.165, 1.54) is 0 Å². The van der Waals surface area contributed by atoms with Gasteiger partial charge in [0.05, 0.1) is 13.7 Å². The van der Waals surface area contributed by atoms with E-state index in [4.69, 9.17) is 9.47 Å². The van der Waals surface area contributed by atoms with Gasteiger partial charge in [-0.05, 0) is 50.2 Å². The molecule has 0 unspecified atom stereocenters. The Morgan fingerprint density at radius 2 is 1.96 bits per heavy atom. The molecule has 0 radical (unpaired) electrons. The first-order valence-electron chi connectivity index (χ1n) is 8.41. The molecule has 2 N–H and O–H groups in total. The molecule has 0 atom stereocenters. The molecule has 0 spiro atoms. The molecular formula is C18H28N2O3S. The van der Waals surface area contributed by atoms with Crippen LogP contribution in [-0.4, -0.2) is 52.1 Å². The molecule has 1 aromatic rings. The van der Waals surface area contributed by atoms with Gasteiger partial charge in [-0.25, -0.2) is 0 Å². The number of rotatable bonds is 9. The summed E-state index contributed by atoms with van der Waals surface area (Å²) in [4.78, 5) is 13.3. The van der Waals surface area contributed by atoms with Crippen molar-refractivity contribution in [3.63, 3.8) is 0 Å². The highest BCUT2D eigenvalue weighted by Crippen LogP contribution is 2.28. The fourth-order valence-corrected chi connectivity index (χ4v) is 3.80. The minimum Gasteiger partial charge on any atom is -0.497 e. The summed E-state index contributed by atoms with van der Waals surface area (Å²) in [6.07, 6.45) is 2.61. The zero-order valence-electron chi connectivity index (χ0n) is 14.6. The summed E-state index contributed by atoms with van der Waals surface area (Å²) in [5.41, 5.74) is 0.0821. The summed E-state index contributed by atoms with van der Waals surface area (Å²) in [6.45, 7) is 3.39. The number of hydrogen-bond acceptors (Lipinski definition) is 5. The van der Waals surface area contributed by atoms with E-state index in [0.717, 1.165) is 42.3 Å². The number of thioether (sulfide) groups is 1. The molecule has 134 valence electrons. The van der Waals surface area contributed by atoms with Crippen molar-refractivity contribution in [1.82, 2.24) is 10.6 Å². The lowest BCUT2D eigenvalue weighted by atomic mass is 9.79. The van der Waals surface area contributed by atoms with E-state index in [9.17, 15) is 4.79 Å². The molecule has 1 saturated heterocycles. The van der Waals surface area contributed by atoms with E-state index >= 15 is 0 Å². The van der Waals surface area contributed by atoms with Crippen LogP contribution in [0.2, 0.25) is 0 Å². The third kappa shape index (κ3) is 6.00. The molecule has 1 aromatic carbocycles. The van der Waals surface area contributed by atoms with Gasteiger partial charge in [-0.15, -0.1) is 11.8 Å². The Labute approximate surface area is 148 Å². The Hall–Kier alpha value is -1.24. The Morgan fingerprint density at radius 3 is 2.58 bits per heavy atom. The topological polar surface area (TPSA) is 59.6 Å². The zero-order chi connectivity index (χ0) is 17.3. The van der Waals surface area contributed by atoms with Crippen LogP contribution in [0.1, 0.15) is 19.3 Å². The molecule has 6 heteroatoms. The van der Waals surface area contributed by atoms with Crippen LogP contribution in [0.3, 0.4) is 0 Å². The lowest BCUT2D eigenvalue weighted by molar-refractivity contribution is -0.121. The van der Waals surface area contributed by atoms with E-state index in [1.54, 1.807) is 26.0 Å². The Kier molecular flexibility index (Phi) is 7.88. The number of ether oxygens (including phenoxy) is 2. The SMILES string of the molecule is COCC1(CNC(=O)CCSc2ccc(OC)cc2)CCNCC1. The fraction of sp³-hybridized carbons (Fsp3) is 0.611. The van der Waals surface area contributed by atoms with Crippen LogP contribution < -0.4 is 15.4 Å². The maximum absolute atomic E-state index is 12.1. The third-order valence-electron chi connectivity index (χ3n) is 4.43.